The number of nitrogens with zero attached hydrogens (tertiary/aromatic N) is 4. The molecule has 4 amide bonds. The number of amides is 4. The van der Waals surface area contributed by atoms with Crippen LogP contribution in [0.25, 0.3) is 0 Å². The summed E-state index contributed by atoms with van der Waals surface area (Å²) in [6, 6.07) is 15.6. The third kappa shape index (κ3) is 6.90. The number of likely N-dealkylation sites (N-methyl/N-ethyl adjacent to an activating group) is 2. The predicted molar refractivity (Wildman–Crippen MR) is 249 cm³/mol. The second-order valence-electron chi connectivity index (χ2n) is 17.8. The van der Waals surface area contributed by atoms with Crippen molar-refractivity contribution >= 4 is 163 Å². The Morgan fingerprint density at radius 2 is 1.15 bits per heavy atom. The van der Waals surface area contributed by atoms with Crippen molar-refractivity contribution in [2.75, 3.05) is 32.6 Å². The molecule has 0 aromatic heterocycles. The van der Waals surface area contributed by atoms with E-state index in [9.17, 15) is 19.2 Å². The van der Waals surface area contributed by atoms with Crippen LogP contribution < -0.4 is 8.90 Å². The molecule has 0 spiro atoms. The number of para-hydroxylation sites is 1. The average molecular weight is 1470 g/mol. The first-order chi connectivity index (χ1) is 31.1. The Hall–Kier alpha value is -1.96. The molecule has 4 fully saturated rings. The summed E-state index contributed by atoms with van der Waals surface area (Å²) in [5.41, 5.74) is -4.95. The summed E-state index contributed by atoms with van der Waals surface area (Å²) in [5, 5.41) is 3.69. The maximum atomic E-state index is 16.1. The number of esters is 4. The summed E-state index contributed by atoms with van der Waals surface area (Å²) in [4.78, 5) is 118. The number of carbonyl (C=O) groups excluding carboxylic acids is 8. The number of anilines is 1. The van der Waals surface area contributed by atoms with Gasteiger partial charge in [0.2, 0.25) is 0 Å². The van der Waals surface area contributed by atoms with Gasteiger partial charge >= 0.3 is 440 Å². The number of hydrogen-bond donors (Lipinski definition) is 1. The minimum absolute atomic E-state index is 0.00348. The maximum absolute atomic E-state index is 16.1. The van der Waals surface area contributed by atoms with Crippen molar-refractivity contribution in [1.82, 2.24) is 19.6 Å². The molecule has 8 atom stereocenters. The van der Waals surface area contributed by atoms with Gasteiger partial charge < -0.3 is 0 Å². The second kappa shape index (κ2) is 18.0. The Labute approximate surface area is 435 Å². The molecule has 2 aromatic carbocycles. The van der Waals surface area contributed by atoms with Gasteiger partial charge in [0.1, 0.15) is 0 Å². The number of nitrogens with one attached hydrogen (secondary N) is 1. The molecule has 0 unspecified atom stereocenters. The monoisotopic (exact) mass is 1470 g/mol. The Balaban J connectivity index is 1.44. The zero-order chi connectivity index (χ0) is 48.1. The van der Waals surface area contributed by atoms with Gasteiger partial charge in [-0.3, -0.25) is 0 Å². The van der Waals surface area contributed by atoms with E-state index < -0.39 is 136 Å². The molecule has 66 heavy (non-hydrogen) atoms. The second-order valence-corrected chi connectivity index (χ2v) is 39.4. The zero-order valence-corrected chi connectivity index (χ0v) is 52.3. The van der Waals surface area contributed by atoms with Crippen molar-refractivity contribution in [1.29, 1.82) is 0 Å². The van der Waals surface area contributed by atoms with Crippen molar-refractivity contribution in [3.63, 3.8) is 0 Å². The first-order valence-electron chi connectivity index (χ1n) is 20.9. The van der Waals surface area contributed by atoms with Crippen LogP contribution in [-0.4, -0.2) is 196 Å². The molecule has 17 nitrogen and oxygen atoms in total. The summed E-state index contributed by atoms with van der Waals surface area (Å²) in [6.07, 6.45) is -1.02. The molecule has 2 radical (unpaired) electrons. The molecule has 0 bridgehead atoms. The van der Waals surface area contributed by atoms with E-state index in [1.165, 1.54) is 62.2 Å². The molecule has 6 aliphatic rings. The number of hydrogen-bond acceptors (Lipinski definition) is 17. The molecule has 24 heteroatoms. The van der Waals surface area contributed by atoms with Gasteiger partial charge in [-0.2, -0.15) is 0 Å². The van der Waals surface area contributed by atoms with Crippen LogP contribution in [0.2, 0.25) is 0 Å². The Morgan fingerprint density at radius 3 is 1.65 bits per heavy atom. The molecule has 2 aromatic rings. The summed E-state index contributed by atoms with van der Waals surface area (Å²) >= 11 is -1.50. The van der Waals surface area contributed by atoms with Crippen LogP contribution in [0.3, 0.4) is 0 Å². The Morgan fingerprint density at radius 1 is 0.697 bits per heavy atom. The molecule has 4 saturated heterocycles. The van der Waals surface area contributed by atoms with Crippen LogP contribution in [0.1, 0.15) is 65.5 Å². The van der Waals surface area contributed by atoms with E-state index in [0.717, 1.165) is 31.4 Å². The van der Waals surface area contributed by atoms with Crippen molar-refractivity contribution < 1.29 is 57.3 Å². The van der Waals surface area contributed by atoms with E-state index in [-0.39, 0.29) is 37.1 Å². The summed E-state index contributed by atoms with van der Waals surface area (Å²) < 4.78 is 23.6. The summed E-state index contributed by atoms with van der Waals surface area (Å²) in [5.74, 6) is -7.06. The third-order valence-corrected chi connectivity index (χ3v) is 29.5. The molecular weight excluding hydrogens is 1420 g/mol. The van der Waals surface area contributed by atoms with Crippen molar-refractivity contribution in [3.05, 3.63) is 59.7 Å². The van der Waals surface area contributed by atoms with Gasteiger partial charge in [0.05, 0.1) is 0 Å². The van der Waals surface area contributed by atoms with Crippen LogP contribution in [0.5, 0.6) is 0 Å². The van der Waals surface area contributed by atoms with E-state index in [1.54, 1.807) is 32.6 Å². The third-order valence-electron chi connectivity index (χ3n) is 13.7. The molecular formula is C42H45N5O12S4SnTl2. The van der Waals surface area contributed by atoms with Crippen LogP contribution in [0.4, 0.5) is 5.69 Å². The predicted octanol–water partition coefficient (Wildman–Crippen LogP) is 1.93. The van der Waals surface area contributed by atoms with E-state index >= 15 is 19.2 Å². The number of fused-ring (bicyclic) bond motifs is 11. The number of rotatable bonds is 13. The Kier molecular flexibility index (Phi) is 13.8. The molecule has 0 saturated carbocycles. The van der Waals surface area contributed by atoms with Crippen molar-refractivity contribution in [2.24, 2.45) is 11.8 Å². The van der Waals surface area contributed by atoms with Gasteiger partial charge in [-0.15, -0.1) is 0 Å². The number of piperazine rings is 2. The Bertz CT molecular complexity index is 2310. The number of carbonyl (C=O) groups is 8. The van der Waals surface area contributed by atoms with Gasteiger partial charge in [0.25, 0.3) is 0 Å². The molecule has 344 valence electrons. The molecule has 1 N–H and O–H groups in total. The van der Waals surface area contributed by atoms with E-state index in [2.05, 4.69) is 5.32 Å². The molecule has 8 rings (SSSR count). The van der Waals surface area contributed by atoms with Crippen LogP contribution in [-0.2, 0) is 68.1 Å². The zero-order valence-electron chi connectivity index (χ0n) is 37.2. The van der Waals surface area contributed by atoms with Crippen LogP contribution in [0.15, 0.2) is 48.5 Å². The van der Waals surface area contributed by atoms with Gasteiger partial charge in [0, 0.05) is 0 Å². The van der Waals surface area contributed by atoms with E-state index in [0.29, 0.717) is 30.0 Å². The first-order valence-corrected chi connectivity index (χ1v) is 39.4. The standard InChI is InChI=1S/C42H47N5O12S4.Sn.2Tl/c1-23(2)30(50)58-39(21-56-25(5)48)33(52)46-20-37(27-14-10-9-11-15-27,18-41(46,62-60)35(54)44(39)7)38-19-42(63-61)36(55)45(8)40(22-57-26(6)49,59-31(51)24(3)4)34(53)47(42)32(38)43-29-17-13-12-16-28(29)38;;;/h9-14,16-17,20,23-24,32,43,60-61H,18-19,21-22H2,1-8H3;;;/q;;2*+1/p-2/t32-,37-,38+,39-,40-,41+,42+;;;/m1.../s1. The van der Waals surface area contributed by atoms with Gasteiger partial charge in [-0.25, -0.2) is 0 Å². The van der Waals surface area contributed by atoms with Gasteiger partial charge in [-0.1, -0.05) is 0 Å². The molecule has 0 aliphatic carbocycles. The fourth-order valence-electron chi connectivity index (χ4n) is 10.8. The summed E-state index contributed by atoms with van der Waals surface area (Å²) in [7, 11) is 8.25. The normalized spacial score (nSPS) is 32.6. The quantitative estimate of drug-likeness (QED) is 0.132. The first kappa shape index (κ1) is 50.4. The number of ether oxygens (including phenoxy) is 4. The number of benzene rings is 2. The molecule has 6 heterocycles. The SMILES string of the molecule is CC(=O)OC[C@@]1(OC(=O)C(C)C)C(=O)N2[C@H]3Nc4ccccc4[C@@]3([C@]34C[C@]5(S[S][Tl])C(=O)N(C)[C@](COC(C)=O)(OC(=O)C(C)C)C(=O)N5[C@H]3[Sn][c]3ccccc34)C[C@]2(S[S][Tl])C(=O)N1C. The summed E-state index contributed by atoms with van der Waals surface area (Å²) in [6.45, 7) is 7.22. The minimum atomic E-state index is -2.40. The average Bonchev–Trinajstić information content (AvgIpc) is 3.96. The van der Waals surface area contributed by atoms with Crippen LogP contribution >= 0.6 is 36.3 Å². The fraction of sp³-hybridized carbons (Fsp3) is 0.524. The van der Waals surface area contributed by atoms with Gasteiger partial charge in [0.15, 0.2) is 0 Å². The van der Waals surface area contributed by atoms with E-state index in [4.69, 9.17) is 18.9 Å². The van der Waals surface area contributed by atoms with Gasteiger partial charge in [-0.05, 0) is 0 Å². The van der Waals surface area contributed by atoms with Crippen molar-refractivity contribution in [3.8, 4) is 0 Å². The van der Waals surface area contributed by atoms with E-state index in [1.807, 2.05) is 48.5 Å². The van der Waals surface area contributed by atoms with Crippen molar-refractivity contribution in [2.45, 2.75) is 96.6 Å². The van der Waals surface area contributed by atoms with Crippen LogP contribution in [0, 0.1) is 11.8 Å². The fourth-order valence-corrected chi connectivity index (χ4v) is 32.5. The topological polar surface area (TPSA) is 198 Å². The molecule has 6 aliphatic heterocycles.